The lowest BCUT2D eigenvalue weighted by atomic mass is 10.1. The van der Waals surface area contributed by atoms with Gasteiger partial charge in [-0.25, -0.2) is 0 Å². The number of benzene rings is 1. The summed E-state index contributed by atoms with van der Waals surface area (Å²) in [6, 6.07) is 10.3. The average Bonchev–Trinajstić information content (AvgIpc) is 2.16. The monoisotopic (exact) mass is 159 g/mol. The first kappa shape index (κ1) is 8.72. The quantitative estimate of drug-likeness (QED) is 0.656. The van der Waals surface area contributed by atoms with E-state index in [1.54, 1.807) is 0 Å². The van der Waals surface area contributed by atoms with Crippen molar-refractivity contribution in [2.75, 3.05) is 0 Å². The number of hydrogen-bond donors (Lipinski definition) is 1. The van der Waals surface area contributed by atoms with Gasteiger partial charge >= 0.3 is 0 Å². The normalized spacial score (nSPS) is 11.2. The van der Waals surface area contributed by atoms with E-state index < -0.39 is 0 Å². The second kappa shape index (κ2) is 4.50. The lowest BCUT2D eigenvalue weighted by Crippen LogP contribution is -1.82. The van der Waals surface area contributed by atoms with Gasteiger partial charge in [0.05, 0.1) is 0 Å². The number of allylic oxidation sites excluding steroid dienone is 2. The van der Waals surface area contributed by atoms with Crippen LogP contribution >= 0.6 is 0 Å². The Morgan fingerprint density at radius 3 is 2.58 bits per heavy atom. The Morgan fingerprint density at radius 2 is 2.00 bits per heavy atom. The Balaban J connectivity index is 2.60. The second-order valence-electron chi connectivity index (χ2n) is 2.78. The summed E-state index contributed by atoms with van der Waals surface area (Å²) in [6.07, 6.45) is 4.35. The molecule has 0 fully saturated rings. The maximum absolute atomic E-state index is 6.98. The molecule has 0 saturated carbocycles. The van der Waals surface area contributed by atoms with E-state index in [2.05, 4.69) is 18.2 Å². The minimum absolute atomic E-state index is 0.919. The van der Waals surface area contributed by atoms with Crippen molar-refractivity contribution in [1.82, 2.24) is 0 Å². The molecule has 0 aliphatic heterocycles. The zero-order valence-corrected chi connectivity index (χ0v) is 7.25. The standard InChI is InChI=1S/C11H13N/c1-10(9-12)7-8-11-5-3-2-4-6-11/h2-7,9,12H,8H2,1H3/b10-7-,12-9?. The van der Waals surface area contributed by atoms with Crippen LogP contribution < -0.4 is 0 Å². The Kier molecular flexibility index (Phi) is 3.27. The minimum atomic E-state index is 0.919. The first-order valence-corrected chi connectivity index (χ1v) is 4.04. The van der Waals surface area contributed by atoms with Crippen LogP contribution in [0.15, 0.2) is 42.0 Å². The van der Waals surface area contributed by atoms with Gasteiger partial charge in [0.25, 0.3) is 0 Å². The molecular weight excluding hydrogens is 146 g/mol. The van der Waals surface area contributed by atoms with Gasteiger partial charge in [0.2, 0.25) is 0 Å². The molecule has 1 aromatic rings. The van der Waals surface area contributed by atoms with E-state index in [4.69, 9.17) is 5.41 Å². The van der Waals surface area contributed by atoms with Crippen molar-refractivity contribution in [3.05, 3.63) is 47.5 Å². The predicted molar refractivity (Wildman–Crippen MR) is 52.7 cm³/mol. The van der Waals surface area contributed by atoms with Gasteiger partial charge in [0, 0.05) is 6.21 Å². The van der Waals surface area contributed by atoms with Crippen LogP contribution in [0.2, 0.25) is 0 Å². The van der Waals surface area contributed by atoms with Crippen LogP contribution in [0.5, 0.6) is 0 Å². The van der Waals surface area contributed by atoms with Gasteiger partial charge in [-0.3, -0.25) is 0 Å². The fraction of sp³-hybridized carbons (Fsp3) is 0.182. The van der Waals surface area contributed by atoms with E-state index >= 15 is 0 Å². The molecule has 0 aromatic heterocycles. The zero-order valence-electron chi connectivity index (χ0n) is 7.25. The summed E-state index contributed by atoms with van der Waals surface area (Å²) >= 11 is 0. The number of hydrogen-bond acceptors (Lipinski definition) is 1. The largest absolute Gasteiger partial charge is 0.308 e. The van der Waals surface area contributed by atoms with Gasteiger partial charge in [-0.15, -0.1) is 0 Å². The fourth-order valence-corrected chi connectivity index (χ4v) is 0.952. The van der Waals surface area contributed by atoms with Crippen molar-refractivity contribution in [3.8, 4) is 0 Å². The van der Waals surface area contributed by atoms with Crippen molar-refractivity contribution in [2.24, 2.45) is 0 Å². The first-order valence-electron chi connectivity index (χ1n) is 4.04. The lowest BCUT2D eigenvalue weighted by Gasteiger charge is -1.94. The Hall–Kier alpha value is -1.37. The molecule has 1 heteroatoms. The van der Waals surface area contributed by atoms with Crippen LogP contribution in [0, 0.1) is 5.41 Å². The molecule has 0 atom stereocenters. The maximum Gasteiger partial charge on any atom is 0.0203 e. The Morgan fingerprint density at radius 1 is 1.33 bits per heavy atom. The van der Waals surface area contributed by atoms with Gasteiger partial charge < -0.3 is 5.41 Å². The summed E-state index contributed by atoms with van der Waals surface area (Å²) < 4.78 is 0. The van der Waals surface area contributed by atoms with Crippen molar-refractivity contribution >= 4 is 6.21 Å². The maximum atomic E-state index is 6.98. The van der Waals surface area contributed by atoms with Crippen molar-refractivity contribution < 1.29 is 0 Å². The smallest absolute Gasteiger partial charge is 0.0203 e. The van der Waals surface area contributed by atoms with Gasteiger partial charge in [-0.2, -0.15) is 0 Å². The Labute approximate surface area is 73.3 Å². The van der Waals surface area contributed by atoms with Crippen LogP contribution in [0.25, 0.3) is 0 Å². The molecule has 0 heterocycles. The molecule has 0 bridgehead atoms. The predicted octanol–water partition coefficient (Wildman–Crippen LogP) is 2.82. The Bertz CT molecular complexity index is 272. The SMILES string of the molecule is C/C(C=N)=C/Cc1ccccc1. The molecule has 0 radical (unpaired) electrons. The minimum Gasteiger partial charge on any atom is -0.308 e. The van der Waals surface area contributed by atoms with Crippen LogP contribution in [0.1, 0.15) is 12.5 Å². The van der Waals surface area contributed by atoms with Gasteiger partial charge in [0.15, 0.2) is 0 Å². The van der Waals surface area contributed by atoms with E-state index in [0.29, 0.717) is 0 Å². The molecule has 1 nitrogen and oxygen atoms in total. The van der Waals surface area contributed by atoms with Crippen LogP contribution in [0.4, 0.5) is 0 Å². The van der Waals surface area contributed by atoms with E-state index in [9.17, 15) is 0 Å². The summed E-state index contributed by atoms with van der Waals surface area (Å²) in [5, 5.41) is 6.98. The van der Waals surface area contributed by atoms with Gasteiger partial charge in [0.1, 0.15) is 0 Å². The van der Waals surface area contributed by atoms with E-state index in [1.807, 2.05) is 25.1 Å². The molecule has 0 aliphatic carbocycles. The molecule has 0 amide bonds. The van der Waals surface area contributed by atoms with Gasteiger partial charge in [-0.05, 0) is 24.5 Å². The molecule has 0 aliphatic rings. The van der Waals surface area contributed by atoms with E-state index in [1.165, 1.54) is 11.8 Å². The molecule has 1 aromatic carbocycles. The fourth-order valence-electron chi connectivity index (χ4n) is 0.952. The van der Waals surface area contributed by atoms with Crippen LogP contribution in [-0.4, -0.2) is 6.21 Å². The molecule has 1 N–H and O–H groups in total. The highest BCUT2D eigenvalue weighted by Crippen LogP contribution is 2.01. The third kappa shape index (κ3) is 2.70. The topological polar surface area (TPSA) is 23.9 Å². The van der Waals surface area contributed by atoms with E-state index in [0.717, 1.165) is 12.0 Å². The average molecular weight is 159 g/mol. The molecule has 62 valence electrons. The summed E-state index contributed by atoms with van der Waals surface area (Å²) in [7, 11) is 0. The zero-order chi connectivity index (χ0) is 8.81. The highest BCUT2D eigenvalue weighted by atomic mass is 14.3. The molecule has 0 unspecified atom stereocenters. The molecule has 0 spiro atoms. The van der Waals surface area contributed by atoms with Crippen LogP contribution in [0.3, 0.4) is 0 Å². The van der Waals surface area contributed by atoms with Crippen molar-refractivity contribution in [1.29, 1.82) is 5.41 Å². The molecule has 1 rings (SSSR count). The number of nitrogens with one attached hydrogen (secondary N) is 1. The van der Waals surface area contributed by atoms with Crippen molar-refractivity contribution in [3.63, 3.8) is 0 Å². The first-order chi connectivity index (χ1) is 5.83. The van der Waals surface area contributed by atoms with Gasteiger partial charge in [-0.1, -0.05) is 36.4 Å². The van der Waals surface area contributed by atoms with E-state index in [-0.39, 0.29) is 0 Å². The summed E-state index contributed by atoms with van der Waals surface area (Å²) in [4.78, 5) is 0. The molecular formula is C11H13N. The summed E-state index contributed by atoms with van der Waals surface area (Å²) in [6.45, 7) is 1.94. The summed E-state index contributed by atoms with van der Waals surface area (Å²) in [5.41, 5.74) is 2.30. The summed E-state index contributed by atoms with van der Waals surface area (Å²) in [5.74, 6) is 0. The number of rotatable bonds is 3. The van der Waals surface area contributed by atoms with Crippen LogP contribution in [-0.2, 0) is 6.42 Å². The second-order valence-corrected chi connectivity index (χ2v) is 2.78. The molecule has 12 heavy (non-hydrogen) atoms. The third-order valence-electron chi connectivity index (χ3n) is 1.73. The highest BCUT2D eigenvalue weighted by Gasteiger charge is 1.86. The van der Waals surface area contributed by atoms with Crippen molar-refractivity contribution in [2.45, 2.75) is 13.3 Å². The third-order valence-corrected chi connectivity index (χ3v) is 1.73. The molecule has 0 saturated heterocycles. The highest BCUT2D eigenvalue weighted by molar-refractivity contribution is 5.74. The lowest BCUT2D eigenvalue weighted by molar-refractivity contribution is 1.25.